The molecule has 3 rings (SSSR count). The molecule has 0 aliphatic carbocycles. The maximum Gasteiger partial charge on any atom is 0.273 e. The van der Waals surface area contributed by atoms with Crippen LogP contribution >= 0.6 is 46.4 Å². The van der Waals surface area contributed by atoms with Crippen molar-refractivity contribution in [3.63, 3.8) is 0 Å². The highest BCUT2D eigenvalue weighted by Crippen LogP contribution is 2.35. The Morgan fingerprint density at radius 1 is 1.00 bits per heavy atom. The fraction of sp³-hybridized carbons (Fsp3) is 0.0909. The minimum Gasteiger partial charge on any atom is -0.486 e. The van der Waals surface area contributed by atoms with Crippen molar-refractivity contribution in [3.05, 3.63) is 101 Å². The molecule has 0 heterocycles. The first kappa shape index (κ1) is 24.8. The molecule has 3 aromatic rings. The van der Waals surface area contributed by atoms with Crippen LogP contribution in [-0.2, 0) is 17.8 Å². The van der Waals surface area contributed by atoms with E-state index in [-0.39, 0.29) is 40.1 Å². The zero-order chi connectivity index (χ0) is 24.0. The third-order valence-electron chi connectivity index (χ3n) is 4.35. The molecule has 0 saturated carbocycles. The van der Waals surface area contributed by atoms with Gasteiger partial charge in [-0.2, -0.15) is 5.10 Å². The quantitative estimate of drug-likeness (QED) is 0.206. The molecule has 170 valence electrons. The maximum atomic E-state index is 12.1. The average molecular weight is 527 g/mol. The van der Waals surface area contributed by atoms with Crippen LogP contribution in [0.4, 0.5) is 5.69 Å². The molecule has 0 aliphatic rings. The molecule has 0 spiro atoms. The Labute approximate surface area is 209 Å². The van der Waals surface area contributed by atoms with Gasteiger partial charge in [0.25, 0.3) is 5.69 Å². The molecule has 0 atom stereocenters. The molecule has 0 unspecified atom stereocenters. The summed E-state index contributed by atoms with van der Waals surface area (Å²) in [6.45, 7) is 0.130. The summed E-state index contributed by atoms with van der Waals surface area (Å²) < 4.78 is 5.71. The number of benzene rings is 3. The van der Waals surface area contributed by atoms with Crippen LogP contribution < -0.4 is 10.2 Å². The molecule has 0 fully saturated rings. The van der Waals surface area contributed by atoms with E-state index in [4.69, 9.17) is 51.1 Å². The van der Waals surface area contributed by atoms with Gasteiger partial charge < -0.3 is 4.74 Å². The highest BCUT2D eigenvalue weighted by molar-refractivity contribution is 6.37. The minimum absolute atomic E-state index is 0.130. The average Bonchev–Trinajstić information content (AvgIpc) is 2.74. The number of hydrogen-bond acceptors (Lipinski definition) is 5. The molecule has 0 aliphatic heterocycles. The first-order valence-electron chi connectivity index (χ1n) is 9.34. The second-order valence-corrected chi connectivity index (χ2v) is 8.35. The highest BCUT2D eigenvalue weighted by Gasteiger charge is 2.15. The predicted octanol–water partition coefficient (Wildman–Crippen LogP) is 6.48. The van der Waals surface area contributed by atoms with Crippen molar-refractivity contribution < 1.29 is 14.5 Å². The number of rotatable bonds is 8. The summed E-state index contributed by atoms with van der Waals surface area (Å²) >= 11 is 24.6. The van der Waals surface area contributed by atoms with Gasteiger partial charge in [-0.1, -0.05) is 70.7 Å². The van der Waals surface area contributed by atoms with E-state index in [2.05, 4.69) is 10.5 Å². The largest absolute Gasteiger partial charge is 0.486 e. The van der Waals surface area contributed by atoms with Gasteiger partial charge >= 0.3 is 0 Å². The topological polar surface area (TPSA) is 93.8 Å². The number of carbonyl (C=O) groups is 1. The number of hydrazone groups is 1. The first-order chi connectivity index (χ1) is 15.7. The molecule has 33 heavy (non-hydrogen) atoms. The minimum atomic E-state index is -0.541. The Balaban J connectivity index is 1.62. The number of amides is 1. The van der Waals surface area contributed by atoms with Crippen LogP contribution in [0.25, 0.3) is 0 Å². The van der Waals surface area contributed by atoms with Gasteiger partial charge in [-0.15, -0.1) is 0 Å². The molecule has 1 N–H and O–H groups in total. The van der Waals surface area contributed by atoms with E-state index in [1.54, 1.807) is 36.4 Å². The lowest BCUT2D eigenvalue weighted by molar-refractivity contribution is -0.385. The van der Waals surface area contributed by atoms with Crippen molar-refractivity contribution in [1.82, 2.24) is 5.43 Å². The molecule has 0 radical (unpaired) electrons. The zero-order valence-electron chi connectivity index (χ0n) is 16.7. The molecule has 0 bridgehead atoms. The van der Waals surface area contributed by atoms with Gasteiger partial charge in [0.05, 0.1) is 27.6 Å². The van der Waals surface area contributed by atoms with Crippen LogP contribution in [0, 0.1) is 10.1 Å². The van der Waals surface area contributed by atoms with Crippen LogP contribution in [0.2, 0.25) is 20.1 Å². The Morgan fingerprint density at radius 2 is 1.70 bits per heavy atom. The lowest BCUT2D eigenvalue weighted by Gasteiger charge is -2.12. The second kappa shape index (κ2) is 11.3. The number of halogens is 4. The van der Waals surface area contributed by atoms with E-state index in [1.807, 2.05) is 0 Å². The van der Waals surface area contributed by atoms with E-state index in [0.29, 0.717) is 21.2 Å². The highest BCUT2D eigenvalue weighted by atomic mass is 35.5. The summed E-state index contributed by atoms with van der Waals surface area (Å²) in [5, 5.41) is 16.3. The number of para-hydroxylation sites is 1. The normalized spacial score (nSPS) is 10.9. The van der Waals surface area contributed by atoms with Gasteiger partial charge in [-0.25, -0.2) is 5.43 Å². The van der Waals surface area contributed by atoms with Crippen molar-refractivity contribution in [1.29, 1.82) is 0 Å². The molecule has 7 nitrogen and oxygen atoms in total. The third kappa shape index (κ3) is 6.82. The van der Waals surface area contributed by atoms with E-state index in [0.717, 1.165) is 0 Å². The summed E-state index contributed by atoms with van der Waals surface area (Å²) in [6, 6.07) is 14.1. The molecule has 3 aromatic carbocycles. The summed E-state index contributed by atoms with van der Waals surface area (Å²) in [5.74, 6) is -0.250. The summed E-state index contributed by atoms with van der Waals surface area (Å²) in [5.41, 5.74) is 3.69. The van der Waals surface area contributed by atoms with Gasteiger partial charge in [0.2, 0.25) is 5.91 Å². The number of ether oxygens (including phenoxy) is 1. The van der Waals surface area contributed by atoms with Gasteiger partial charge in [0.1, 0.15) is 6.61 Å². The van der Waals surface area contributed by atoms with E-state index in [1.165, 1.54) is 24.4 Å². The Hall–Kier alpha value is -2.84. The lowest BCUT2D eigenvalue weighted by Crippen LogP contribution is -2.20. The smallest absolute Gasteiger partial charge is 0.273 e. The monoisotopic (exact) mass is 525 g/mol. The van der Waals surface area contributed by atoms with Gasteiger partial charge in [-0.3, -0.25) is 14.9 Å². The Kier molecular flexibility index (Phi) is 8.52. The second-order valence-electron chi connectivity index (χ2n) is 6.69. The fourth-order valence-corrected chi connectivity index (χ4v) is 3.89. The van der Waals surface area contributed by atoms with Crippen LogP contribution in [0.5, 0.6) is 5.75 Å². The van der Waals surface area contributed by atoms with Crippen molar-refractivity contribution in [2.75, 3.05) is 0 Å². The zero-order valence-corrected chi connectivity index (χ0v) is 19.8. The van der Waals surface area contributed by atoms with Crippen molar-refractivity contribution in [2.45, 2.75) is 13.0 Å². The Morgan fingerprint density at radius 3 is 2.36 bits per heavy atom. The maximum absolute atomic E-state index is 12.1. The van der Waals surface area contributed by atoms with Crippen LogP contribution in [0.1, 0.15) is 16.7 Å². The van der Waals surface area contributed by atoms with Crippen molar-refractivity contribution in [2.24, 2.45) is 5.10 Å². The van der Waals surface area contributed by atoms with Gasteiger partial charge in [-0.05, 0) is 29.8 Å². The summed E-state index contributed by atoms with van der Waals surface area (Å²) in [7, 11) is 0. The number of hydrogen-bond donors (Lipinski definition) is 1. The predicted molar refractivity (Wildman–Crippen MR) is 130 cm³/mol. The molecule has 0 aromatic heterocycles. The molecular formula is C22H15Cl4N3O4. The van der Waals surface area contributed by atoms with Crippen molar-refractivity contribution in [3.8, 4) is 5.75 Å². The number of nitro groups is 1. The van der Waals surface area contributed by atoms with Gasteiger partial charge in [0, 0.05) is 27.2 Å². The van der Waals surface area contributed by atoms with Gasteiger partial charge in [0.15, 0.2) is 5.75 Å². The van der Waals surface area contributed by atoms with Crippen LogP contribution in [0.15, 0.2) is 59.7 Å². The Bertz CT molecular complexity index is 1210. The van der Waals surface area contributed by atoms with Crippen LogP contribution in [0.3, 0.4) is 0 Å². The van der Waals surface area contributed by atoms with E-state index in [9.17, 15) is 14.9 Å². The van der Waals surface area contributed by atoms with E-state index >= 15 is 0 Å². The number of nitrogens with one attached hydrogen (secondary N) is 1. The number of nitro benzene ring substituents is 1. The summed E-state index contributed by atoms with van der Waals surface area (Å²) in [4.78, 5) is 22.6. The molecule has 11 heteroatoms. The molecule has 1 amide bonds. The van der Waals surface area contributed by atoms with Crippen molar-refractivity contribution >= 4 is 64.2 Å². The molecule has 0 saturated heterocycles. The lowest BCUT2D eigenvalue weighted by atomic mass is 10.1. The number of carbonyl (C=O) groups excluding carboxylic acids is 1. The molecular weight excluding hydrogens is 512 g/mol. The van der Waals surface area contributed by atoms with Crippen LogP contribution in [-0.4, -0.2) is 17.0 Å². The fourth-order valence-electron chi connectivity index (χ4n) is 2.81. The SMILES string of the molecule is O=C(Cc1ccccc1[N+](=O)[O-])N/N=C/c1cc(Cl)c(OCc2ccc(Cl)cc2Cl)c(Cl)c1. The first-order valence-corrected chi connectivity index (χ1v) is 10.9. The standard InChI is InChI=1S/C22H15Cl4N3O4/c23-16-6-5-15(17(24)10-16)12-33-22-18(25)7-13(8-19(22)26)11-27-28-21(30)9-14-3-1-2-4-20(14)29(31)32/h1-8,10-11H,9,12H2,(H,28,30)/b27-11+. The summed E-state index contributed by atoms with van der Waals surface area (Å²) in [6.07, 6.45) is 1.14. The number of nitrogens with zero attached hydrogens (tertiary/aromatic N) is 2. The van der Waals surface area contributed by atoms with E-state index < -0.39 is 10.8 Å². The third-order valence-corrected chi connectivity index (χ3v) is 5.50.